The summed E-state index contributed by atoms with van der Waals surface area (Å²) < 4.78 is 49.8. The van der Waals surface area contributed by atoms with E-state index in [0.29, 0.717) is 11.3 Å². The zero-order valence-electron chi connectivity index (χ0n) is 20.1. The highest BCUT2D eigenvalue weighted by atomic mass is 19.3. The van der Waals surface area contributed by atoms with Crippen molar-refractivity contribution < 1.29 is 22.3 Å². The molecule has 0 atom stereocenters. The number of ether oxygens (including phenoxy) is 1. The molecule has 0 saturated carbocycles. The number of hydrogen-bond donors (Lipinski definition) is 0. The number of likely N-dealkylation sites (N-methyl/N-ethyl adjacent to an activating group) is 2. The summed E-state index contributed by atoms with van der Waals surface area (Å²) in [7, 11) is 5.90. The Morgan fingerprint density at radius 1 is 1.09 bits per heavy atom. The number of para-hydroxylation sites is 2. The molecule has 0 aliphatic carbocycles. The lowest BCUT2D eigenvalue weighted by Gasteiger charge is -2.28. The van der Waals surface area contributed by atoms with Crippen molar-refractivity contribution in [1.29, 1.82) is 0 Å². The molecule has 0 radical (unpaired) electrons. The second-order valence-electron chi connectivity index (χ2n) is 8.14. The van der Waals surface area contributed by atoms with E-state index in [1.807, 2.05) is 18.2 Å². The predicted molar refractivity (Wildman–Crippen MR) is 129 cm³/mol. The number of benzene rings is 2. The van der Waals surface area contributed by atoms with Gasteiger partial charge < -0.3 is 23.9 Å². The van der Waals surface area contributed by atoms with E-state index in [1.165, 1.54) is 44.4 Å². The fourth-order valence-electron chi connectivity index (χ4n) is 3.45. The Morgan fingerprint density at radius 2 is 1.74 bits per heavy atom. The predicted octanol–water partition coefficient (Wildman–Crippen LogP) is 4.84. The molecule has 1 aliphatic rings. The number of alkyl halides is 2. The summed E-state index contributed by atoms with van der Waals surface area (Å²) in [5.74, 6) is -0.879. The van der Waals surface area contributed by atoms with Crippen LogP contribution in [0.4, 0.5) is 18.9 Å². The maximum Gasteiger partial charge on any atom is 0.314 e. The van der Waals surface area contributed by atoms with Crippen molar-refractivity contribution in [3.05, 3.63) is 72.5 Å². The average molecular weight is 490 g/mol. The molecule has 1 aromatic heterocycles. The number of halogens is 3. The van der Waals surface area contributed by atoms with Gasteiger partial charge in [0.1, 0.15) is 11.6 Å². The summed E-state index contributed by atoms with van der Waals surface area (Å²) in [4.78, 5) is 6.46. The van der Waals surface area contributed by atoms with Crippen LogP contribution in [-0.2, 0) is 6.54 Å². The van der Waals surface area contributed by atoms with Crippen LogP contribution in [0, 0.1) is 5.82 Å². The quantitative estimate of drug-likeness (QED) is 0.471. The van der Waals surface area contributed by atoms with Crippen LogP contribution in [0.3, 0.4) is 0 Å². The van der Waals surface area contributed by atoms with E-state index in [1.54, 1.807) is 24.3 Å². The molecule has 0 bridgehead atoms. The smallest absolute Gasteiger partial charge is 0.314 e. The highest BCUT2D eigenvalue weighted by Crippen LogP contribution is 2.30. The van der Waals surface area contributed by atoms with E-state index in [9.17, 15) is 13.2 Å². The maximum absolute atomic E-state index is 14.6. The maximum atomic E-state index is 14.6. The third kappa shape index (κ3) is 7.06. The second-order valence-corrected chi connectivity index (χ2v) is 8.14. The summed E-state index contributed by atoms with van der Waals surface area (Å²) >= 11 is 0. The van der Waals surface area contributed by atoms with Crippen molar-refractivity contribution in [1.82, 2.24) is 20.0 Å². The molecule has 4 rings (SSSR count). The van der Waals surface area contributed by atoms with Gasteiger partial charge in [-0.1, -0.05) is 24.8 Å². The first-order chi connectivity index (χ1) is 16.8. The van der Waals surface area contributed by atoms with Crippen LogP contribution in [0.15, 0.2) is 59.7 Å². The number of anilines is 1. The fourth-order valence-corrected chi connectivity index (χ4v) is 3.45. The number of aromatic nitrogens is 2. The zero-order chi connectivity index (χ0) is 25.4. The summed E-state index contributed by atoms with van der Waals surface area (Å²) in [5, 5.41) is 6.76. The molecule has 1 saturated heterocycles. The minimum absolute atomic E-state index is 0.166. The molecule has 2 heterocycles. The molecule has 1 fully saturated rings. The van der Waals surface area contributed by atoms with Gasteiger partial charge in [0.2, 0.25) is 5.89 Å². The van der Waals surface area contributed by atoms with Crippen LogP contribution >= 0.6 is 0 Å². The first-order valence-corrected chi connectivity index (χ1v) is 11.1. The lowest BCUT2D eigenvalue weighted by Crippen LogP contribution is -2.42. The molecule has 0 spiro atoms. The van der Waals surface area contributed by atoms with Gasteiger partial charge in [-0.05, 0) is 44.6 Å². The summed E-state index contributed by atoms with van der Waals surface area (Å²) in [6.45, 7) is 8.89. The third-order valence-corrected chi connectivity index (χ3v) is 5.61. The molecule has 2 aromatic carbocycles. The van der Waals surface area contributed by atoms with Crippen molar-refractivity contribution >= 4 is 5.69 Å². The zero-order valence-corrected chi connectivity index (χ0v) is 20.1. The van der Waals surface area contributed by atoms with Crippen molar-refractivity contribution in [2.75, 3.05) is 52.3 Å². The highest BCUT2D eigenvalue weighted by Gasteiger charge is 2.18. The monoisotopic (exact) mass is 489 g/mol. The Balaban J connectivity index is 0.000000363. The molecule has 7 nitrogen and oxygen atoms in total. The average Bonchev–Trinajstić information content (AvgIpc) is 3.36. The summed E-state index contributed by atoms with van der Waals surface area (Å²) in [6.07, 6.45) is -1.31. The minimum Gasteiger partial charge on any atom is -0.495 e. The number of methoxy groups -OCH3 is 1. The van der Waals surface area contributed by atoms with E-state index in [-0.39, 0.29) is 18.0 Å². The molecule has 188 valence electrons. The van der Waals surface area contributed by atoms with Gasteiger partial charge in [-0.3, -0.25) is 0 Å². The molecule has 3 aromatic rings. The Labute approximate surface area is 203 Å². The fraction of sp³-hybridized carbons (Fsp3) is 0.360. The molecule has 1 aliphatic heterocycles. The molecule has 35 heavy (non-hydrogen) atoms. The minimum atomic E-state index is -2.88. The SMILES string of the molecule is C=CN(Cc1ccc(-c2nnc(C(F)F)o2)cc1F)c1ccccc1OC.CN1CCN(C)CC1. The van der Waals surface area contributed by atoms with E-state index < -0.39 is 18.1 Å². The van der Waals surface area contributed by atoms with Crippen LogP contribution in [0.5, 0.6) is 5.75 Å². The normalized spacial score (nSPS) is 14.4. The highest BCUT2D eigenvalue weighted by molar-refractivity contribution is 5.61. The molecular formula is C25H30F3N5O2. The van der Waals surface area contributed by atoms with Crippen LogP contribution in [0.1, 0.15) is 17.9 Å². The van der Waals surface area contributed by atoms with E-state index in [4.69, 9.17) is 9.15 Å². The third-order valence-electron chi connectivity index (χ3n) is 5.61. The van der Waals surface area contributed by atoms with Crippen molar-refractivity contribution in [2.45, 2.75) is 13.0 Å². The van der Waals surface area contributed by atoms with E-state index in [0.717, 1.165) is 5.69 Å². The first-order valence-electron chi connectivity index (χ1n) is 11.1. The molecule has 0 amide bonds. The van der Waals surface area contributed by atoms with Crippen molar-refractivity contribution in [3.8, 4) is 17.2 Å². The van der Waals surface area contributed by atoms with Crippen molar-refractivity contribution in [2.24, 2.45) is 0 Å². The summed E-state index contributed by atoms with van der Waals surface area (Å²) in [5.41, 5.74) is 1.33. The van der Waals surface area contributed by atoms with E-state index >= 15 is 0 Å². The van der Waals surface area contributed by atoms with E-state index in [2.05, 4.69) is 40.7 Å². The van der Waals surface area contributed by atoms with Gasteiger partial charge in [0.25, 0.3) is 5.89 Å². The lowest BCUT2D eigenvalue weighted by molar-refractivity contribution is 0.116. The molecular weight excluding hydrogens is 459 g/mol. The van der Waals surface area contributed by atoms with Crippen LogP contribution in [-0.4, -0.2) is 67.4 Å². The largest absolute Gasteiger partial charge is 0.495 e. The Hall–Kier alpha value is -3.37. The number of piperazine rings is 1. The number of nitrogens with zero attached hydrogens (tertiary/aromatic N) is 5. The molecule has 0 N–H and O–H groups in total. The van der Waals surface area contributed by atoms with Crippen LogP contribution < -0.4 is 9.64 Å². The molecule has 10 heteroatoms. The van der Waals surface area contributed by atoms with Crippen LogP contribution in [0.2, 0.25) is 0 Å². The first kappa shape index (κ1) is 26.2. The van der Waals surface area contributed by atoms with Crippen molar-refractivity contribution in [3.63, 3.8) is 0 Å². The molecule has 0 unspecified atom stereocenters. The Morgan fingerprint density at radius 3 is 2.29 bits per heavy atom. The van der Waals surface area contributed by atoms with Gasteiger partial charge in [-0.15, -0.1) is 10.2 Å². The number of hydrogen-bond acceptors (Lipinski definition) is 7. The van der Waals surface area contributed by atoms with Gasteiger partial charge in [-0.25, -0.2) is 4.39 Å². The topological polar surface area (TPSA) is 57.9 Å². The second kappa shape index (κ2) is 12.4. The van der Waals surface area contributed by atoms with Gasteiger partial charge >= 0.3 is 6.43 Å². The van der Waals surface area contributed by atoms with Gasteiger partial charge in [0, 0.05) is 37.3 Å². The van der Waals surface area contributed by atoms with Gasteiger partial charge in [0.15, 0.2) is 0 Å². The number of rotatable bonds is 7. The standard InChI is InChI=1S/C19H16F3N3O2.C6H14N2/c1-3-25(15-6-4-5-7-16(15)26-2)11-13-9-8-12(10-14(13)20)18-23-24-19(27-18)17(21)22;1-7-3-5-8(2)6-4-7/h3-10,17H,1,11H2,2H3;3-6H2,1-2H3. The summed E-state index contributed by atoms with van der Waals surface area (Å²) in [6, 6.07) is 11.5. The van der Waals surface area contributed by atoms with Crippen LogP contribution in [0.25, 0.3) is 11.5 Å². The lowest BCUT2D eigenvalue weighted by atomic mass is 10.1. The Bertz CT molecular complexity index is 1090. The van der Waals surface area contributed by atoms with Gasteiger partial charge in [-0.2, -0.15) is 8.78 Å². The Kier molecular flexibility index (Phi) is 9.27. The van der Waals surface area contributed by atoms with Gasteiger partial charge in [0.05, 0.1) is 19.3 Å².